The zero-order valence-electron chi connectivity index (χ0n) is 19.5. The molecule has 0 saturated carbocycles. The summed E-state index contributed by atoms with van der Waals surface area (Å²) in [6.45, 7) is 4.43. The van der Waals surface area contributed by atoms with Crippen LogP contribution in [0.2, 0.25) is 5.02 Å². The van der Waals surface area contributed by atoms with Crippen molar-refractivity contribution >= 4 is 33.2 Å². The summed E-state index contributed by atoms with van der Waals surface area (Å²) < 4.78 is 66.1. The minimum Gasteiger partial charge on any atom is -0.352 e. The maximum atomic E-state index is 13.6. The van der Waals surface area contributed by atoms with Crippen LogP contribution in [0.5, 0.6) is 0 Å². The van der Waals surface area contributed by atoms with E-state index in [1.807, 2.05) is 0 Å². The molecule has 2 rings (SSSR count). The van der Waals surface area contributed by atoms with Crippen LogP contribution in [-0.4, -0.2) is 27.1 Å². The van der Waals surface area contributed by atoms with Gasteiger partial charge in [0.15, 0.2) is 0 Å². The van der Waals surface area contributed by atoms with Crippen LogP contribution in [0.4, 0.5) is 18.9 Å². The fourth-order valence-electron chi connectivity index (χ4n) is 3.54. The Labute approximate surface area is 204 Å². The Morgan fingerprint density at radius 1 is 1.12 bits per heavy atom. The standard InChI is InChI=1S/C24H30ClF3N2O3S/c1-4-6-7-17(5-2)15-29-23(31)19-10-8-18(9-11-19)16-30(34(3,32)33)22-13-12-20(25)14-21(22)24(26,27)28/h8-14,17H,4-7,15-16H2,1-3H3,(H,29,31). The molecule has 1 atom stereocenters. The van der Waals surface area contributed by atoms with Gasteiger partial charge >= 0.3 is 6.18 Å². The van der Waals surface area contributed by atoms with Gasteiger partial charge in [-0.2, -0.15) is 13.2 Å². The largest absolute Gasteiger partial charge is 0.418 e. The highest BCUT2D eigenvalue weighted by Gasteiger charge is 2.37. The van der Waals surface area contributed by atoms with Crippen LogP contribution >= 0.6 is 11.6 Å². The molecule has 0 fully saturated rings. The summed E-state index contributed by atoms with van der Waals surface area (Å²) in [6, 6.07) is 9.08. The molecule has 0 radical (unpaired) electrons. The van der Waals surface area contributed by atoms with E-state index < -0.39 is 27.5 Å². The molecule has 188 valence electrons. The summed E-state index contributed by atoms with van der Waals surface area (Å²) in [6.07, 6.45) is 0.245. The predicted molar refractivity (Wildman–Crippen MR) is 130 cm³/mol. The van der Waals surface area contributed by atoms with Crippen molar-refractivity contribution in [2.24, 2.45) is 5.92 Å². The number of nitrogens with zero attached hydrogens (tertiary/aromatic N) is 1. The Hall–Kier alpha value is -2.26. The molecule has 0 aliphatic carbocycles. The van der Waals surface area contributed by atoms with Crippen molar-refractivity contribution in [2.75, 3.05) is 17.1 Å². The molecule has 0 heterocycles. The topological polar surface area (TPSA) is 66.5 Å². The van der Waals surface area contributed by atoms with Crippen LogP contribution in [0.3, 0.4) is 0 Å². The first-order valence-corrected chi connectivity index (χ1v) is 13.3. The van der Waals surface area contributed by atoms with E-state index in [1.54, 1.807) is 0 Å². The number of alkyl halides is 3. The summed E-state index contributed by atoms with van der Waals surface area (Å²) in [4.78, 5) is 12.5. The van der Waals surface area contributed by atoms with Gasteiger partial charge in [0, 0.05) is 17.1 Å². The smallest absolute Gasteiger partial charge is 0.352 e. The van der Waals surface area contributed by atoms with Gasteiger partial charge in [0.05, 0.1) is 24.1 Å². The van der Waals surface area contributed by atoms with E-state index in [0.717, 1.165) is 38.0 Å². The molecule has 0 aliphatic rings. The number of hydrogen-bond acceptors (Lipinski definition) is 3. The molecule has 0 bridgehead atoms. The zero-order chi connectivity index (χ0) is 25.5. The van der Waals surface area contributed by atoms with Gasteiger partial charge in [-0.25, -0.2) is 8.42 Å². The summed E-state index contributed by atoms with van der Waals surface area (Å²) in [5, 5.41) is 2.76. The molecule has 0 aliphatic heterocycles. The molecule has 2 aromatic carbocycles. The number of carbonyl (C=O) groups is 1. The Morgan fingerprint density at radius 2 is 1.76 bits per heavy atom. The van der Waals surface area contributed by atoms with Gasteiger partial charge in [0.2, 0.25) is 10.0 Å². The first-order valence-electron chi connectivity index (χ1n) is 11.1. The summed E-state index contributed by atoms with van der Waals surface area (Å²) >= 11 is 5.72. The number of halogens is 4. The number of amides is 1. The number of carbonyl (C=O) groups excluding carboxylic acids is 1. The van der Waals surface area contributed by atoms with Gasteiger partial charge in [-0.1, -0.05) is 56.8 Å². The van der Waals surface area contributed by atoms with E-state index in [1.165, 1.54) is 30.3 Å². The van der Waals surface area contributed by atoms with Crippen molar-refractivity contribution in [3.63, 3.8) is 0 Å². The molecule has 5 nitrogen and oxygen atoms in total. The van der Waals surface area contributed by atoms with E-state index in [9.17, 15) is 26.4 Å². The molecule has 1 amide bonds. The van der Waals surface area contributed by atoms with E-state index in [0.29, 0.717) is 34.0 Å². The van der Waals surface area contributed by atoms with Crippen molar-refractivity contribution in [1.82, 2.24) is 5.32 Å². The van der Waals surface area contributed by atoms with Gasteiger partial charge < -0.3 is 5.32 Å². The van der Waals surface area contributed by atoms with E-state index in [-0.39, 0.29) is 17.5 Å². The first-order chi connectivity index (χ1) is 15.9. The fraction of sp³-hybridized carbons (Fsp3) is 0.458. The maximum Gasteiger partial charge on any atom is 0.418 e. The van der Waals surface area contributed by atoms with E-state index in [2.05, 4.69) is 19.2 Å². The second-order valence-electron chi connectivity index (χ2n) is 8.25. The minimum atomic E-state index is -4.79. The molecule has 1 unspecified atom stereocenters. The number of nitrogens with one attached hydrogen (secondary N) is 1. The summed E-state index contributed by atoms with van der Waals surface area (Å²) in [7, 11) is -4.06. The van der Waals surface area contributed by atoms with Crippen LogP contribution in [0.25, 0.3) is 0 Å². The second kappa shape index (κ2) is 11.9. The van der Waals surface area contributed by atoms with Crippen molar-refractivity contribution in [3.05, 3.63) is 64.2 Å². The molecule has 0 saturated heterocycles. The second-order valence-corrected chi connectivity index (χ2v) is 10.6. The van der Waals surface area contributed by atoms with Gasteiger partial charge in [-0.3, -0.25) is 9.10 Å². The molecule has 2 aromatic rings. The van der Waals surface area contributed by atoms with E-state index >= 15 is 0 Å². The number of unbranched alkanes of at least 4 members (excludes halogenated alkanes) is 1. The Balaban J connectivity index is 2.21. The fourth-order valence-corrected chi connectivity index (χ4v) is 4.62. The minimum absolute atomic E-state index is 0.153. The number of sulfonamides is 1. The normalized spacial score (nSPS) is 12.9. The molecular weight excluding hydrogens is 489 g/mol. The zero-order valence-corrected chi connectivity index (χ0v) is 21.0. The molecule has 34 heavy (non-hydrogen) atoms. The van der Waals surface area contributed by atoms with Crippen LogP contribution in [-0.2, 0) is 22.7 Å². The number of rotatable bonds is 11. The lowest BCUT2D eigenvalue weighted by Gasteiger charge is -2.26. The average Bonchev–Trinajstić information content (AvgIpc) is 2.76. The number of benzene rings is 2. The molecule has 1 N–H and O–H groups in total. The first kappa shape index (κ1) is 28.0. The molecule has 0 aromatic heterocycles. The lowest BCUT2D eigenvalue weighted by molar-refractivity contribution is -0.137. The maximum absolute atomic E-state index is 13.6. The van der Waals surface area contributed by atoms with Gasteiger partial charge in [-0.15, -0.1) is 0 Å². The van der Waals surface area contributed by atoms with Crippen LogP contribution in [0, 0.1) is 5.92 Å². The summed E-state index contributed by atoms with van der Waals surface area (Å²) in [5.74, 6) is 0.146. The van der Waals surface area contributed by atoms with Gasteiger partial charge in [0.25, 0.3) is 5.91 Å². The van der Waals surface area contributed by atoms with Crippen LogP contribution in [0.1, 0.15) is 61.0 Å². The van der Waals surface area contributed by atoms with Crippen molar-refractivity contribution < 1.29 is 26.4 Å². The highest BCUT2D eigenvalue weighted by atomic mass is 35.5. The third-order valence-electron chi connectivity index (χ3n) is 5.57. The van der Waals surface area contributed by atoms with E-state index in [4.69, 9.17) is 11.6 Å². The Bertz CT molecular complexity index is 1070. The Kier molecular flexibility index (Phi) is 9.82. The lowest BCUT2D eigenvalue weighted by atomic mass is 9.99. The van der Waals surface area contributed by atoms with Gasteiger partial charge in [-0.05, 0) is 48.2 Å². The monoisotopic (exact) mass is 518 g/mol. The average molecular weight is 519 g/mol. The number of hydrogen-bond donors (Lipinski definition) is 1. The van der Waals surface area contributed by atoms with Crippen molar-refractivity contribution in [2.45, 2.75) is 52.3 Å². The third kappa shape index (κ3) is 7.91. The predicted octanol–water partition coefficient (Wildman–Crippen LogP) is 6.27. The third-order valence-corrected chi connectivity index (χ3v) is 6.93. The SMILES string of the molecule is CCCCC(CC)CNC(=O)c1ccc(CN(c2ccc(Cl)cc2C(F)(F)F)S(C)(=O)=O)cc1. The van der Waals surface area contributed by atoms with Crippen LogP contribution < -0.4 is 9.62 Å². The highest BCUT2D eigenvalue weighted by molar-refractivity contribution is 7.92. The number of anilines is 1. The highest BCUT2D eigenvalue weighted by Crippen LogP contribution is 2.39. The molecule has 10 heteroatoms. The lowest BCUT2D eigenvalue weighted by Crippen LogP contribution is -2.31. The van der Waals surface area contributed by atoms with Crippen molar-refractivity contribution in [1.29, 1.82) is 0 Å². The van der Waals surface area contributed by atoms with Gasteiger partial charge in [0.1, 0.15) is 0 Å². The quantitative estimate of drug-likeness (QED) is 0.381. The van der Waals surface area contributed by atoms with Crippen LogP contribution in [0.15, 0.2) is 42.5 Å². The Morgan fingerprint density at radius 3 is 2.29 bits per heavy atom. The van der Waals surface area contributed by atoms with Crippen molar-refractivity contribution in [3.8, 4) is 0 Å². The molecular formula is C24H30ClF3N2O3S. The molecule has 0 spiro atoms. The summed E-state index contributed by atoms with van der Waals surface area (Å²) in [5.41, 5.74) is -0.837.